The first-order valence-corrected chi connectivity index (χ1v) is 7.43. The molecule has 5 nitrogen and oxygen atoms in total. The number of amides is 1. The summed E-state index contributed by atoms with van der Waals surface area (Å²) >= 11 is 0. The van der Waals surface area contributed by atoms with Gasteiger partial charge in [0, 0.05) is 24.0 Å². The van der Waals surface area contributed by atoms with Crippen LogP contribution in [0.3, 0.4) is 0 Å². The lowest BCUT2D eigenvalue weighted by molar-refractivity contribution is -0.147. The lowest BCUT2D eigenvalue weighted by Crippen LogP contribution is -2.35. The predicted molar refractivity (Wildman–Crippen MR) is 84.0 cm³/mol. The first kappa shape index (κ1) is 14.6. The number of hydrogen-bond acceptors (Lipinski definition) is 2. The number of benzene rings is 1. The summed E-state index contributed by atoms with van der Waals surface area (Å²) in [5.41, 5.74) is 2.90. The molecule has 1 amide bonds. The number of nitrogens with zero attached hydrogens (tertiary/aromatic N) is 1. The van der Waals surface area contributed by atoms with E-state index in [1.807, 2.05) is 26.0 Å². The number of H-pyrrole nitrogens is 1. The third kappa shape index (κ3) is 2.26. The van der Waals surface area contributed by atoms with Crippen molar-refractivity contribution in [3.63, 3.8) is 0 Å². The second-order valence-corrected chi connectivity index (χ2v) is 6.57. The van der Waals surface area contributed by atoms with Gasteiger partial charge in [-0.3, -0.25) is 9.59 Å². The smallest absolute Gasteiger partial charge is 0.311 e. The number of carbonyl (C=O) groups excluding carboxylic acids is 1. The monoisotopic (exact) mass is 300 g/mol. The van der Waals surface area contributed by atoms with Crippen molar-refractivity contribution in [3.8, 4) is 0 Å². The lowest BCUT2D eigenvalue weighted by atomic mass is 9.90. The largest absolute Gasteiger partial charge is 0.481 e. The number of aliphatic carboxylic acids is 1. The summed E-state index contributed by atoms with van der Waals surface area (Å²) in [6.45, 7) is 6.48. The van der Waals surface area contributed by atoms with Gasteiger partial charge in [-0.05, 0) is 50.5 Å². The fraction of sp³-hybridized carbons (Fsp3) is 0.412. The summed E-state index contributed by atoms with van der Waals surface area (Å²) in [4.78, 5) is 28.7. The molecule has 2 heterocycles. The van der Waals surface area contributed by atoms with Gasteiger partial charge in [0.25, 0.3) is 5.91 Å². The van der Waals surface area contributed by atoms with Crippen LogP contribution in [0.15, 0.2) is 18.2 Å². The molecule has 1 aliphatic rings. The Morgan fingerprint density at radius 1 is 1.27 bits per heavy atom. The number of carbonyl (C=O) groups is 2. The predicted octanol–water partition coefficient (Wildman–Crippen LogP) is 2.72. The quantitative estimate of drug-likeness (QED) is 0.895. The van der Waals surface area contributed by atoms with E-state index in [1.54, 1.807) is 11.8 Å². The van der Waals surface area contributed by atoms with Gasteiger partial charge >= 0.3 is 5.97 Å². The molecule has 1 unspecified atom stereocenters. The molecule has 1 atom stereocenters. The Balaban J connectivity index is 1.90. The summed E-state index contributed by atoms with van der Waals surface area (Å²) < 4.78 is 0. The number of likely N-dealkylation sites (tertiary alicyclic amines) is 1. The highest BCUT2D eigenvalue weighted by Gasteiger charge is 2.42. The van der Waals surface area contributed by atoms with Gasteiger partial charge in [0.2, 0.25) is 0 Å². The lowest BCUT2D eigenvalue weighted by Gasteiger charge is -2.19. The minimum Gasteiger partial charge on any atom is -0.481 e. The standard InChI is InChI=1S/C17H20N2O3/c1-10-6-11(2)12-8-14(18-13(12)7-10)15(20)19-5-4-17(3,9-19)16(21)22/h6-8,18H,4-5,9H2,1-3H3,(H,21,22). The molecule has 2 aromatic rings. The van der Waals surface area contributed by atoms with Gasteiger partial charge in [-0.2, -0.15) is 0 Å². The maximum atomic E-state index is 12.6. The molecule has 3 rings (SSSR count). The van der Waals surface area contributed by atoms with Crippen LogP contribution in [0.1, 0.15) is 35.0 Å². The average molecular weight is 300 g/mol. The van der Waals surface area contributed by atoms with Crippen LogP contribution in [0.2, 0.25) is 0 Å². The van der Waals surface area contributed by atoms with E-state index in [4.69, 9.17) is 0 Å². The van der Waals surface area contributed by atoms with Crippen LogP contribution < -0.4 is 0 Å². The van der Waals surface area contributed by atoms with Crippen LogP contribution >= 0.6 is 0 Å². The van der Waals surface area contributed by atoms with Crippen LogP contribution in [0.25, 0.3) is 10.9 Å². The molecule has 1 aromatic carbocycles. The number of aromatic nitrogens is 1. The van der Waals surface area contributed by atoms with E-state index in [0.29, 0.717) is 18.7 Å². The number of nitrogens with one attached hydrogen (secondary N) is 1. The Morgan fingerprint density at radius 3 is 2.64 bits per heavy atom. The highest BCUT2D eigenvalue weighted by Crippen LogP contribution is 2.31. The minimum atomic E-state index is -0.842. The molecular weight excluding hydrogens is 280 g/mol. The van der Waals surface area contributed by atoms with Crippen molar-refractivity contribution in [2.45, 2.75) is 27.2 Å². The van der Waals surface area contributed by atoms with Crippen molar-refractivity contribution in [1.29, 1.82) is 0 Å². The molecule has 0 radical (unpaired) electrons. The van der Waals surface area contributed by atoms with Crippen LogP contribution in [-0.2, 0) is 4.79 Å². The fourth-order valence-electron chi connectivity index (χ4n) is 3.19. The summed E-state index contributed by atoms with van der Waals surface area (Å²) in [7, 11) is 0. The van der Waals surface area contributed by atoms with Gasteiger partial charge in [-0.15, -0.1) is 0 Å². The maximum absolute atomic E-state index is 12.6. The van der Waals surface area contributed by atoms with Gasteiger partial charge in [-0.25, -0.2) is 0 Å². The number of carboxylic acid groups (broad SMARTS) is 1. The summed E-state index contributed by atoms with van der Waals surface area (Å²) in [6, 6.07) is 5.97. The molecule has 0 spiro atoms. The Morgan fingerprint density at radius 2 is 2.00 bits per heavy atom. The van der Waals surface area contributed by atoms with Crippen molar-refractivity contribution < 1.29 is 14.7 Å². The third-order valence-corrected chi connectivity index (χ3v) is 4.60. The van der Waals surface area contributed by atoms with E-state index in [0.717, 1.165) is 22.0 Å². The van der Waals surface area contributed by atoms with Gasteiger partial charge in [-0.1, -0.05) is 6.07 Å². The first-order valence-electron chi connectivity index (χ1n) is 7.43. The number of fused-ring (bicyclic) bond motifs is 1. The normalized spacial score (nSPS) is 21.5. The molecule has 1 saturated heterocycles. The molecule has 1 aliphatic heterocycles. The van der Waals surface area contributed by atoms with Crippen LogP contribution in [0.5, 0.6) is 0 Å². The van der Waals surface area contributed by atoms with E-state index in [9.17, 15) is 14.7 Å². The molecule has 1 fully saturated rings. The van der Waals surface area contributed by atoms with Crippen LogP contribution in [0.4, 0.5) is 0 Å². The molecule has 2 N–H and O–H groups in total. The molecule has 22 heavy (non-hydrogen) atoms. The molecular formula is C17H20N2O3. The SMILES string of the molecule is Cc1cc(C)c2cc(C(=O)N3CCC(C)(C(=O)O)C3)[nH]c2c1. The number of rotatable bonds is 2. The number of aromatic amines is 1. The molecule has 0 aliphatic carbocycles. The zero-order valence-corrected chi connectivity index (χ0v) is 13.1. The number of aryl methyl sites for hydroxylation is 2. The summed E-state index contributed by atoms with van der Waals surface area (Å²) in [5.74, 6) is -0.968. The summed E-state index contributed by atoms with van der Waals surface area (Å²) in [5, 5.41) is 10.3. The number of hydrogen-bond donors (Lipinski definition) is 2. The van der Waals surface area contributed by atoms with E-state index in [-0.39, 0.29) is 12.5 Å². The van der Waals surface area contributed by atoms with E-state index < -0.39 is 11.4 Å². The van der Waals surface area contributed by atoms with Crippen molar-refractivity contribution in [2.24, 2.45) is 5.41 Å². The zero-order valence-electron chi connectivity index (χ0n) is 13.1. The highest BCUT2D eigenvalue weighted by atomic mass is 16.4. The summed E-state index contributed by atoms with van der Waals surface area (Å²) in [6.07, 6.45) is 0.492. The highest BCUT2D eigenvalue weighted by molar-refractivity contribution is 5.99. The van der Waals surface area contributed by atoms with Gasteiger partial charge < -0.3 is 15.0 Å². The Bertz CT molecular complexity index is 778. The van der Waals surface area contributed by atoms with Crippen molar-refractivity contribution >= 4 is 22.8 Å². The molecule has 116 valence electrons. The molecule has 1 aromatic heterocycles. The van der Waals surface area contributed by atoms with Crippen molar-refractivity contribution in [2.75, 3.05) is 13.1 Å². The van der Waals surface area contributed by atoms with Gasteiger partial charge in [0.05, 0.1) is 5.41 Å². The second-order valence-electron chi connectivity index (χ2n) is 6.57. The molecule has 0 saturated carbocycles. The molecule has 0 bridgehead atoms. The maximum Gasteiger partial charge on any atom is 0.311 e. The van der Waals surface area contributed by atoms with E-state index >= 15 is 0 Å². The minimum absolute atomic E-state index is 0.127. The first-order chi connectivity index (χ1) is 10.3. The fourth-order valence-corrected chi connectivity index (χ4v) is 3.19. The second kappa shape index (κ2) is 4.87. The average Bonchev–Trinajstić information content (AvgIpc) is 3.03. The molecule has 5 heteroatoms. The third-order valence-electron chi connectivity index (χ3n) is 4.60. The van der Waals surface area contributed by atoms with Crippen molar-refractivity contribution in [1.82, 2.24) is 9.88 Å². The van der Waals surface area contributed by atoms with Crippen molar-refractivity contribution in [3.05, 3.63) is 35.0 Å². The Labute approximate surface area is 128 Å². The Hall–Kier alpha value is -2.30. The van der Waals surface area contributed by atoms with Gasteiger partial charge in [0.1, 0.15) is 5.69 Å². The van der Waals surface area contributed by atoms with E-state index in [1.165, 1.54) is 0 Å². The van der Waals surface area contributed by atoms with Crippen LogP contribution in [-0.4, -0.2) is 40.0 Å². The van der Waals surface area contributed by atoms with Crippen LogP contribution in [0, 0.1) is 19.3 Å². The van der Waals surface area contributed by atoms with E-state index in [2.05, 4.69) is 11.1 Å². The van der Waals surface area contributed by atoms with Gasteiger partial charge in [0.15, 0.2) is 0 Å². The Kier molecular flexibility index (Phi) is 3.24. The zero-order chi connectivity index (χ0) is 16.1. The number of carboxylic acids is 1. The topological polar surface area (TPSA) is 73.4 Å².